The molecule has 142 valence electrons. The first-order chi connectivity index (χ1) is 13.4. The molecule has 0 aliphatic heterocycles. The van der Waals surface area contributed by atoms with Gasteiger partial charge in [-0.2, -0.15) is 4.98 Å². The molecule has 7 nitrogen and oxygen atoms in total. The Balaban J connectivity index is 1.78. The molecule has 0 aliphatic carbocycles. The summed E-state index contributed by atoms with van der Waals surface area (Å²) in [6.07, 6.45) is 0. The first kappa shape index (κ1) is 18.4. The number of halogens is 1. The van der Waals surface area contributed by atoms with Gasteiger partial charge in [0, 0.05) is 22.1 Å². The fourth-order valence-corrected chi connectivity index (χ4v) is 3.28. The van der Waals surface area contributed by atoms with Crippen molar-refractivity contribution in [3.8, 4) is 22.8 Å². The molecule has 1 N–H and O–H groups in total. The van der Waals surface area contributed by atoms with Crippen LogP contribution < -0.4 is 11.1 Å². The van der Waals surface area contributed by atoms with Crippen LogP contribution in [0.5, 0.6) is 0 Å². The summed E-state index contributed by atoms with van der Waals surface area (Å²) in [6, 6.07) is 12.9. The van der Waals surface area contributed by atoms with Gasteiger partial charge in [0.25, 0.3) is 5.89 Å². The van der Waals surface area contributed by atoms with E-state index in [9.17, 15) is 9.59 Å². The SMILES string of the molecule is CC(C)Cn1c(=O)c(=O)[nH]c2cc(-c3noc(-c4ccc(Br)cc4)n3)ccc21. The van der Waals surface area contributed by atoms with Crippen molar-refractivity contribution in [1.29, 1.82) is 0 Å². The van der Waals surface area contributed by atoms with Gasteiger partial charge in [-0.25, -0.2) is 0 Å². The number of fused-ring (bicyclic) bond motifs is 1. The summed E-state index contributed by atoms with van der Waals surface area (Å²) < 4.78 is 7.84. The lowest BCUT2D eigenvalue weighted by Crippen LogP contribution is -2.37. The van der Waals surface area contributed by atoms with Crippen LogP contribution in [-0.2, 0) is 6.54 Å². The molecular formula is C20H17BrN4O3. The van der Waals surface area contributed by atoms with Gasteiger partial charge in [-0.3, -0.25) is 9.59 Å². The van der Waals surface area contributed by atoms with Crippen molar-refractivity contribution in [2.24, 2.45) is 5.92 Å². The molecule has 2 aromatic carbocycles. The summed E-state index contributed by atoms with van der Waals surface area (Å²) in [6.45, 7) is 4.46. The van der Waals surface area contributed by atoms with Gasteiger partial charge < -0.3 is 14.1 Å². The molecule has 4 rings (SSSR count). The van der Waals surface area contributed by atoms with Crippen LogP contribution in [0.3, 0.4) is 0 Å². The normalized spacial score (nSPS) is 11.4. The number of nitrogens with zero attached hydrogens (tertiary/aromatic N) is 3. The standard InChI is InChI=1S/C20H17BrN4O3/c1-11(2)10-25-16-8-5-13(9-15(16)22-18(26)20(25)27)17-23-19(28-24-17)12-3-6-14(21)7-4-12/h3-9,11H,10H2,1-2H3,(H,22,26). The van der Waals surface area contributed by atoms with E-state index >= 15 is 0 Å². The zero-order valence-electron chi connectivity index (χ0n) is 15.3. The Kier molecular flexibility index (Phi) is 4.72. The van der Waals surface area contributed by atoms with Crippen LogP contribution in [0, 0.1) is 5.92 Å². The van der Waals surface area contributed by atoms with Crippen molar-refractivity contribution < 1.29 is 4.52 Å². The van der Waals surface area contributed by atoms with E-state index in [2.05, 4.69) is 31.1 Å². The summed E-state index contributed by atoms with van der Waals surface area (Å²) in [5, 5.41) is 4.04. The van der Waals surface area contributed by atoms with E-state index in [-0.39, 0.29) is 5.92 Å². The monoisotopic (exact) mass is 440 g/mol. The van der Waals surface area contributed by atoms with Crippen LogP contribution in [0.4, 0.5) is 0 Å². The van der Waals surface area contributed by atoms with Crippen LogP contribution in [0.25, 0.3) is 33.9 Å². The molecule has 4 aromatic rings. The Morgan fingerprint density at radius 2 is 1.82 bits per heavy atom. The molecular weight excluding hydrogens is 424 g/mol. The molecule has 0 saturated carbocycles. The van der Waals surface area contributed by atoms with Crippen LogP contribution in [-0.4, -0.2) is 19.7 Å². The molecule has 0 spiro atoms. The highest BCUT2D eigenvalue weighted by molar-refractivity contribution is 9.10. The second kappa shape index (κ2) is 7.20. The molecule has 8 heteroatoms. The van der Waals surface area contributed by atoms with Crippen LogP contribution in [0.15, 0.2) is 61.0 Å². The fourth-order valence-electron chi connectivity index (χ4n) is 3.02. The minimum absolute atomic E-state index is 0.230. The number of nitrogens with one attached hydrogen (secondary N) is 1. The zero-order valence-corrected chi connectivity index (χ0v) is 16.9. The average molecular weight is 441 g/mol. The fraction of sp³-hybridized carbons (Fsp3) is 0.200. The predicted octanol–water partition coefficient (Wildman–Crippen LogP) is 3.83. The van der Waals surface area contributed by atoms with Gasteiger partial charge in [0.1, 0.15) is 0 Å². The van der Waals surface area contributed by atoms with Crippen molar-refractivity contribution in [3.05, 3.63) is 67.6 Å². The topological polar surface area (TPSA) is 93.8 Å². The number of rotatable bonds is 4. The number of hydrogen-bond donors (Lipinski definition) is 1. The molecule has 0 saturated heterocycles. The highest BCUT2D eigenvalue weighted by Gasteiger charge is 2.14. The van der Waals surface area contributed by atoms with Crippen LogP contribution >= 0.6 is 15.9 Å². The molecule has 0 bridgehead atoms. The molecule has 0 amide bonds. The Hall–Kier alpha value is -3.00. The van der Waals surface area contributed by atoms with Gasteiger partial charge >= 0.3 is 11.1 Å². The van der Waals surface area contributed by atoms with E-state index in [1.165, 1.54) is 4.57 Å². The third-order valence-corrected chi connectivity index (χ3v) is 4.83. The lowest BCUT2D eigenvalue weighted by molar-refractivity contribution is 0.432. The first-order valence-corrected chi connectivity index (χ1v) is 9.58. The molecule has 0 aliphatic rings. The Labute approximate surface area is 168 Å². The predicted molar refractivity (Wildman–Crippen MR) is 110 cm³/mol. The molecule has 28 heavy (non-hydrogen) atoms. The summed E-state index contributed by atoms with van der Waals surface area (Å²) >= 11 is 3.39. The summed E-state index contributed by atoms with van der Waals surface area (Å²) in [5.74, 6) is 1.04. The lowest BCUT2D eigenvalue weighted by atomic mass is 10.1. The third kappa shape index (κ3) is 3.43. The quantitative estimate of drug-likeness (QED) is 0.486. The zero-order chi connectivity index (χ0) is 19.8. The van der Waals surface area contributed by atoms with Crippen molar-refractivity contribution in [3.63, 3.8) is 0 Å². The maximum absolute atomic E-state index is 12.2. The van der Waals surface area contributed by atoms with E-state index in [4.69, 9.17) is 4.52 Å². The van der Waals surface area contributed by atoms with Crippen molar-refractivity contribution in [1.82, 2.24) is 19.7 Å². The van der Waals surface area contributed by atoms with E-state index in [0.717, 1.165) is 10.0 Å². The molecule has 2 heterocycles. The Morgan fingerprint density at radius 1 is 1.11 bits per heavy atom. The Bertz CT molecular complexity index is 1270. The third-order valence-electron chi connectivity index (χ3n) is 4.30. The minimum atomic E-state index is -0.644. The van der Waals surface area contributed by atoms with E-state index in [0.29, 0.717) is 34.9 Å². The van der Waals surface area contributed by atoms with Crippen LogP contribution in [0.2, 0.25) is 0 Å². The molecule has 0 radical (unpaired) electrons. The minimum Gasteiger partial charge on any atom is -0.334 e. The van der Waals surface area contributed by atoms with Crippen molar-refractivity contribution >= 4 is 27.0 Å². The maximum atomic E-state index is 12.2. The van der Waals surface area contributed by atoms with Crippen molar-refractivity contribution in [2.45, 2.75) is 20.4 Å². The van der Waals surface area contributed by atoms with E-state index in [1.54, 1.807) is 12.1 Å². The number of aromatic amines is 1. The molecule has 2 aromatic heterocycles. The largest absolute Gasteiger partial charge is 0.334 e. The molecule has 0 unspecified atom stereocenters. The van der Waals surface area contributed by atoms with Crippen LogP contribution in [0.1, 0.15) is 13.8 Å². The number of aromatic nitrogens is 4. The molecule has 0 fully saturated rings. The van der Waals surface area contributed by atoms with Crippen molar-refractivity contribution in [2.75, 3.05) is 0 Å². The number of H-pyrrole nitrogens is 1. The highest BCUT2D eigenvalue weighted by atomic mass is 79.9. The first-order valence-electron chi connectivity index (χ1n) is 8.79. The summed E-state index contributed by atoms with van der Waals surface area (Å²) in [5.41, 5.74) is 1.52. The van der Waals surface area contributed by atoms with Gasteiger partial charge in [0.05, 0.1) is 11.0 Å². The number of benzene rings is 2. The average Bonchev–Trinajstić information content (AvgIpc) is 3.15. The Morgan fingerprint density at radius 3 is 2.54 bits per heavy atom. The second-order valence-corrected chi connectivity index (χ2v) is 7.84. The maximum Gasteiger partial charge on any atom is 0.316 e. The second-order valence-electron chi connectivity index (χ2n) is 6.93. The lowest BCUT2D eigenvalue weighted by Gasteiger charge is -2.12. The number of hydrogen-bond acceptors (Lipinski definition) is 5. The smallest absolute Gasteiger partial charge is 0.316 e. The van der Waals surface area contributed by atoms with Gasteiger partial charge in [0.15, 0.2) is 0 Å². The summed E-state index contributed by atoms with van der Waals surface area (Å²) in [4.78, 5) is 31.4. The van der Waals surface area contributed by atoms with Gasteiger partial charge in [-0.1, -0.05) is 34.9 Å². The van der Waals surface area contributed by atoms with Gasteiger partial charge in [0.2, 0.25) is 5.82 Å². The summed E-state index contributed by atoms with van der Waals surface area (Å²) in [7, 11) is 0. The highest BCUT2D eigenvalue weighted by Crippen LogP contribution is 2.25. The van der Waals surface area contributed by atoms with Gasteiger partial charge in [-0.05, 0) is 48.4 Å². The van der Waals surface area contributed by atoms with E-state index < -0.39 is 11.1 Å². The van der Waals surface area contributed by atoms with Gasteiger partial charge in [-0.15, -0.1) is 0 Å². The van der Waals surface area contributed by atoms with E-state index in [1.807, 2.05) is 44.2 Å². The molecule has 0 atom stereocenters.